The number of fused-ring (bicyclic) bond motifs is 1. The van der Waals surface area contributed by atoms with Gasteiger partial charge in [-0.15, -0.1) is 11.3 Å². The molecule has 166 valence electrons. The van der Waals surface area contributed by atoms with Crippen molar-refractivity contribution in [3.05, 3.63) is 51.2 Å². The molecule has 2 aliphatic rings. The van der Waals surface area contributed by atoms with Gasteiger partial charge in [-0.3, -0.25) is 29.3 Å². The number of thiophene rings is 1. The maximum atomic E-state index is 12.8. The maximum absolute atomic E-state index is 12.8. The number of nitrogens with zero attached hydrogens (tertiary/aromatic N) is 2. The number of piperidine rings is 1. The molecule has 0 radical (unpaired) electrons. The van der Waals surface area contributed by atoms with E-state index in [0.717, 1.165) is 16.1 Å². The first-order valence-corrected chi connectivity index (χ1v) is 11.0. The van der Waals surface area contributed by atoms with Crippen LogP contribution in [0.5, 0.6) is 0 Å². The van der Waals surface area contributed by atoms with Crippen LogP contribution in [-0.4, -0.2) is 54.4 Å². The van der Waals surface area contributed by atoms with E-state index in [0.29, 0.717) is 11.1 Å². The summed E-state index contributed by atoms with van der Waals surface area (Å²) in [6.45, 7) is 0.339. The van der Waals surface area contributed by atoms with Crippen molar-refractivity contribution < 1.29 is 24.0 Å². The number of rotatable bonds is 6. The Morgan fingerprint density at radius 1 is 1.19 bits per heavy atom. The topological polar surface area (TPSA) is 116 Å². The summed E-state index contributed by atoms with van der Waals surface area (Å²) in [7, 11) is 3.77. The molecule has 0 spiro atoms. The van der Waals surface area contributed by atoms with Gasteiger partial charge in [-0.1, -0.05) is 0 Å². The fourth-order valence-electron chi connectivity index (χ4n) is 3.83. The van der Waals surface area contributed by atoms with Gasteiger partial charge in [0.25, 0.3) is 11.8 Å². The minimum absolute atomic E-state index is 0.108. The number of amides is 4. The van der Waals surface area contributed by atoms with Gasteiger partial charge in [-0.2, -0.15) is 0 Å². The SMILES string of the molecule is CN(C)c1ccc(C(=O)C(=O)NCc2scc3c2CN(C2CCC(=O)NC2=O)C3=O)cc1. The second kappa shape index (κ2) is 8.54. The van der Waals surface area contributed by atoms with Gasteiger partial charge in [0.2, 0.25) is 17.6 Å². The van der Waals surface area contributed by atoms with Crippen molar-refractivity contribution in [2.45, 2.75) is 32.0 Å². The third kappa shape index (κ3) is 4.01. The number of anilines is 1. The molecule has 32 heavy (non-hydrogen) atoms. The Balaban J connectivity index is 1.40. The number of carbonyl (C=O) groups excluding carboxylic acids is 5. The molecule has 0 saturated carbocycles. The molecule has 2 aliphatic heterocycles. The van der Waals surface area contributed by atoms with E-state index in [-0.39, 0.29) is 37.7 Å². The quantitative estimate of drug-likeness (QED) is 0.383. The van der Waals surface area contributed by atoms with Crippen molar-refractivity contribution >= 4 is 46.4 Å². The van der Waals surface area contributed by atoms with Gasteiger partial charge in [-0.25, -0.2) is 0 Å². The molecular formula is C22H22N4O5S. The lowest BCUT2D eigenvalue weighted by molar-refractivity contribution is -0.136. The number of nitrogens with one attached hydrogen (secondary N) is 2. The van der Waals surface area contributed by atoms with Crippen LogP contribution in [0.15, 0.2) is 29.6 Å². The summed E-state index contributed by atoms with van der Waals surface area (Å²) in [4.78, 5) is 65.2. The number of Topliss-reactive ketones (excluding diaryl/α,β-unsaturated/α-hetero) is 1. The number of ketones is 1. The summed E-state index contributed by atoms with van der Waals surface area (Å²) in [5.74, 6) is -2.43. The summed E-state index contributed by atoms with van der Waals surface area (Å²) < 4.78 is 0. The Morgan fingerprint density at radius 3 is 2.56 bits per heavy atom. The van der Waals surface area contributed by atoms with E-state index < -0.39 is 23.6 Å². The Kier molecular flexibility index (Phi) is 5.79. The molecule has 4 rings (SSSR count). The van der Waals surface area contributed by atoms with E-state index >= 15 is 0 Å². The molecule has 9 nitrogen and oxygen atoms in total. The minimum Gasteiger partial charge on any atom is -0.378 e. The van der Waals surface area contributed by atoms with Crippen molar-refractivity contribution in [3.63, 3.8) is 0 Å². The molecule has 2 N–H and O–H groups in total. The number of benzene rings is 1. The highest BCUT2D eigenvalue weighted by Gasteiger charge is 2.40. The highest BCUT2D eigenvalue weighted by Crippen LogP contribution is 2.33. The highest BCUT2D eigenvalue weighted by molar-refractivity contribution is 7.10. The van der Waals surface area contributed by atoms with Gasteiger partial charge in [0, 0.05) is 48.6 Å². The predicted octanol–water partition coefficient (Wildman–Crippen LogP) is 1.07. The molecule has 0 aliphatic carbocycles. The van der Waals surface area contributed by atoms with Gasteiger partial charge in [0.1, 0.15) is 6.04 Å². The molecular weight excluding hydrogens is 432 g/mol. The van der Waals surface area contributed by atoms with E-state index in [4.69, 9.17) is 0 Å². The lowest BCUT2D eigenvalue weighted by Gasteiger charge is -2.29. The first kappa shape index (κ1) is 21.7. The van der Waals surface area contributed by atoms with Crippen LogP contribution in [0.2, 0.25) is 0 Å². The second-order valence-corrected chi connectivity index (χ2v) is 8.87. The first-order chi connectivity index (χ1) is 15.3. The molecule has 1 saturated heterocycles. The van der Waals surface area contributed by atoms with E-state index in [9.17, 15) is 24.0 Å². The average Bonchev–Trinajstić information content (AvgIpc) is 3.31. The zero-order valence-corrected chi connectivity index (χ0v) is 18.5. The molecule has 10 heteroatoms. The highest BCUT2D eigenvalue weighted by atomic mass is 32.1. The first-order valence-electron chi connectivity index (χ1n) is 10.1. The summed E-state index contributed by atoms with van der Waals surface area (Å²) in [5.41, 5.74) is 2.45. The second-order valence-electron chi connectivity index (χ2n) is 7.90. The van der Waals surface area contributed by atoms with Crippen molar-refractivity contribution in [2.75, 3.05) is 19.0 Å². The lowest BCUT2D eigenvalue weighted by Crippen LogP contribution is -2.52. The molecule has 1 aromatic heterocycles. The van der Waals surface area contributed by atoms with Crippen LogP contribution in [0.3, 0.4) is 0 Å². The van der Waals surface area contributed by atoms with Crippen LogP contribution >= 0.6 is 11.3 Å². The third-order valence-corrected chi connectivity index (χ3v) is 6.68. The fourth-order valence-corrected chi connectivity index (χ4v) is 4.81. The van der Waals surface area contributed by atoms with Gasteiger partial charge in [0.15, 0.2) is 0 Å². The van der Waals surface area contributed by atoms with Crippen LogP contribution in [0.25, 0.3) is 0 Å². The van der Waals surface area contributed by atoms with Gasteiger partial charge in [-0.05, 0) is 36.2 Å². The molecule has 3 heterocycles. The average molecular weight is 455 g/mol. The molecule has 1 unspecified atom stereocenters. The van der Waals surface area contributed by atoms with Crippen molar-refractivity contribution in [1.29, 1.82) is 0 Å². The van der Waals surface area contributed by atoms with Crippen molar-refractivity contribution in [1.82, 2.24) is 15.5 Å². The Morgan fingerprint density at radius 2 is 1.91 bits per heavy atom. The molecule has 1 fully saturated rings. The monoisotopic (exact) mass is 454 g/mol. The molecule has 4 amide bonds. The largest absolute Gasteiger partial charge is 0.378 e. The van der Waals surface area contributed by atoms with Crippen LogP contribution < -0.4 is 15.5 Å². The number of hydrogen-bond donors (Lipinski definition) is 2. The minimum atomic E-state index is -0.726. The van der Waals surface area contributed by atoms with Gasteiger partial charge >= 0.3 is 0 Å². The summed E-state index contributed by atoms with van der Waals surface area (Å²) in [5, 5.41) is 6.60. The normalized spacial score (nSPS) is 17.8. The lowest BCUT2D eigenvalue weighted by atomic mass is 10.0. The van der Waals surface area contributed by atoms with Crippen LogP contribution in [0.4, 0.5) is 5.69 Å². The zero-order valence-electron chi connectivity index (χ0n) is 17.6. The van der Waals surface area contributed by atoms with E-state index in [1.807, 2.05) is 19.0 Å². The summed E-state index contributed by atoms with van der Waals surface area (Å²) in [6, 6.07) is 6.06. The molecule has 0 bridgehead atoms. The van der Waals surface area contributed by atoms with Gasteiger partial charge in [0.05, 0.1) is 12.1 Å². The zero-order chi connectivity index (χ0) is 23.0. The Bertz CT molecular complexity index is 1120. The summed E-state index contributed by atoms with van der Waals surface area (Å²) >= 11 is 1.33. The van der Waals surface area contributed by atoms with Crippen LogP contribution in [-0.2, 0) is 27.5 Å². The van der Waals surface area contributed by atoms with Crippen LogP contribution in [0, 0.1) is 0 Å². The number of imide groups is 1. The number of hydrogen-bond acceptors (Lipinski definition) is 7. The molecule has 1 aromatic carbocycles. The van der Waals surface area contributed by atoms with Gasteiger partial charge < -0.3 is 15.1 Å². The fraction of sp³-hybridized carbons (Fsp3) is 0.318. The summed E-state index contributed by atoms with van der Waals surface area (Å²) in [6.07, 6.45) is 0.477. The van der Waals surface area contributed by atoms with E-state index in [2.05, 4.69) is 10.6 Å². The van der Waals surface area contributed by atoms with E-state index in [1.165, 1.54) is 16.2 Å². The maximum Gasteiger partial charge on any atom is 0.292 e. The smallest absolute Gasteiger partial charge is 0.292 e. The van der Waals surface area contributed by atoms with E-state index in [1.54, 1.807) is 29.6 Å². The number of carbonyl (C=O) groups is 5. The standard InChI is InChI=1S/C22H22N4O5S/c1-25(2)13-5-3-12(4-6-13)19(28)21(30)23-9-17-14-10-26(22(31)15(14)11-32-17)16-7-8-18(27)24-20(16)29/h3-6,11,16H,7-10H2,1-2H3,(H,23,30)(H,24,27,29). The van der Waals surface area contributed by atoms with Crippen LogP contribution in [0.1, 0.15) is 44.0 Å². The Labute approximate surface area is 188 Å². The van der Waals surface area contributed by atoms with Crippen molar-refractivity contribution in [3.8, 4) is 0 Å². The molecule has 2 aromatic rings. The molecule has 1 atom stereocenters. The third-order valence-electron chi connectivity index (χ3n) is 5.65. The Hall–Kier alpha value is -3.53. The predicted molar refractivity (Wildman–Crippen MR) is 117 cm³/mol. The van der Waals surface area contributed by atoms with Crippen molar-refractivity contribution in [2.24, 2.45) is 0 Å².